The van der Waals surface area contributed by atoms with E-state index in [9.17, 15) is 4.39 Å². The molecule has 0 aliphatic heterocycles. The van der Waals surface area contributed by atoms with E-state index in [4.69, 9.17) is 5.73 Å². The molecule has 4 nitrogen and oxygen atoms in total. The Morgan fingerprint density at radius 2 is 1.83 bits per heavy atom. The number of benzene rings is 2. The molecule has 0 fully saturated rings. The topological polar surface area (TPSA) is 56.7 Å². The molecule has 2 aromatic carbocycles. The second kappa shape index (κ2) is 5.45. The first-order valence-electron chi connectivity index (χ1n) is 7.58. The van der Waals surface area contributed by atoms with E-state index in [-0.39, 0.29) is 5.82 Å². The summed E-state index contributed by atoms with van der Waals surface area (Å²) in [5.74, 6) is 0.135. The number of fused-ring (bicyclic) bond motifs is 1. The van der Waals surface area contributed by atoms with E-state index in [1.165, 1.54) is 18.5 Å². The summed E-state index contributed by atoms with van der Waals surface area (Å²) in [6.07, 6.45) is 3.43. The molecule has 0 aliphatic carbocycles. The fourth-order valence-corrected chi connectivity index (χ4v) is 2.91. The van der Waals surface area contributed by atoms with Gasteiger partial charge in [0.1, 0.15) is 18.0 Å². The van der Waals surface area contributed by atoms with Gasteiger partial charge in [-0.3, -0.25) is 0 Å². The van der Waals surface area contributed by atoms with Crippen molar-refractivity contribution in [3.05, 3.63) is 72.4 Å². The van der Waals surface area contributed by atoms with Crippen molar-refractivity contribution in [2.24, 2.45) is 0 Å². The number of hydrogen-bond acceptors (Lipinski definition) is 3. The summed E-state index contributed by atoms with van der Waals surface area (Å²) in [5, 5.41) is 0.769. The van der Waals surface area contributed by atoms with E-state index < -0.39 is 0 Å². The molecule has 0 saturated carbocycles. The molecule has 0 bridgehead atoms. The van der Waals surface area contributed by atoms with Gasteiger partial charge in [-0.1, -0.05) is 24.3 Å². The summed E-state index contributed by atoms with van der Waals surface area (Å²) < 4.78 is 15.2. The minimum atomic E-state index is -0.273. The Hall–Kier alpha value is -3.21. The van der Waals surface area contributed by atoms with E-state index in [1.54, 1.807) is 12.1 Å². The maximum Gasteiger partial charge on any atom is 0.150 e. The highest BCUT2D eigenvalue weighted by molar-refractivity contribution is 6.01. The Labute approximate surface area is 138 Å². The predicted molar refractivity (Wildman–Crippen MR) is 93.4 cm³/mol. The summed E-state index contributed by atoms with van der Waals surface area (Å²) >= 11 is 0. The maximum absolute atomic E-state index is 13.3. The molecule has 4 aromatic rings. The number of nitrogens with zero attached hydrogens (tertiary/aromatic N) is 3. The normalized spacial score (nSPS) is 11.1. The van der Waals surface area contributed by atoms with Gasteiger partial charge in [0, 0.05) is 17.4 Å². The number of rotatable bonds is 2. The molecule has 24 heavy (non-hydrogen) atoms. The third-order valence-electron chi connectivity index (χ3n) is 4.05. The van der Waals surface area contributed by atoms with Gasteiger partial charge in [0.15, 0.2) is 5.65 Å². The highest BCUT2D eigenvalue weighted by Crippen LogP contribution is 2.34. The average Bonchev–Trinajstić information content (AvgIpc) is 2.97. The van der Waals surface area contributed by atoms with Gasteiger partial charge in [0.2, 0.25) is 0 Å². The smallest absolute Gasteiger partial charge is 0.150 e. The quantitative estimate of drug-likeness (QED) is 0.605. The van der Waals surface area contributed by atoms with Crippen LogP contribution < -0.4 is 5.73 Å². The van der Waals surface area contributed by atoms with Crippen molar-refractivity contribution in [3.8, 4) is 16.8 Å². The van der Waals surface area contributed by atoms with Crippen LogP contribution in [0.4, 0.5) is 10.2 Å². The predicted octanol–water partition coefficient (Wildman–Crippen LogP) is 4.12. The molecule has 4 rings (SSSR count). The van der Waals surface area contributed by atoms with Gasteiger partial charge in [0.05, 0.1) is 5.39 Å². The van der Waals surface area contributed by atoms with Crippen molar-refractivity contribution in [1.29, 1.82) is 0 Å². The second-order valence-corrected chi connectivity index (χ2v) is 5.72. The molecule has 2 aromatic heterocycles. The van der Waals surface area contributed by atoms with Crippen LogP contribution in [0.2, 0.25) is 0 Å². The molecule has 0 spiro atoms. The molecule has 118 valence electrons. The van der Waals surface area contributed by atoms with Crippen LogP contribution in [0.3, 0.4) is 0 Å². The summed E-state index contributed by atoms with van der Waals surface area (Å²) in [5.41, 5.74) is 10.7. The van der Waals surface area contributed by atoms with Crippen molar-refractivity contribution in [2.75, 3.05) is 5.73 Å². The number of anilines is 1. The zero-order valence-electron chi connectivity index (χ0n) is 13.1. The second-order valence-electron chi connectivity index (χ2n) is 5.72. The summed E-state index contributed by atoms with van der Waals surface area (Å²) in [6.45, 7) is 2.04. The molecule has 2 N–H and O–H groups in total. The maximum atomic E-state index is 13.3. The Bertz CT molecular complexity index is 1040. The van der Waals surface area contributed by atoms with Crippen LogP contribution in [0.15, 0.2) is 61.1 Å². The first-order valence-corrected chi connectivity index (χ1v) is 7.58. The van der Waals surface area contributed by atoms with Crippen LogP contribution in [-0.4, -0.2) is 14.5 Å². The average molecular weight is 318 g/mol. The molecule has 0 atom stereocenters. The van der Waals surface area contributed by atoms with Gasteiger partial charge in [-0.25, -0.2) is 14.4 Å². The van der Waals surface area contributed by atoms with Gasteiger partial charge in [-0.2, -0.15) is 0 Å². The molecule has 0 radical (unpaired) electrons. The van der Waals surface area contributed by atoms with Crippen molar-refractivity contribution >= 4 is 16.9 Å². The van der Waals surface area contributed by atoms with Gasteiger partial charge in [0.25, 0.3) is 0 Å². The first kappa shape index (κ1) is 14.4. The van der Waals surface area contributed by atoms with E-state index in [1.807, 2.05) is 35.9 Å². The van der Waals surface area contributed by atoms with Crippen LogP contribution in [-0.2, 0) is 0 Å². The molecule has 0 amide bonds. The zero-order chi connectivity index (χ0) is 16.7. The lowest BCUT2D eigenvalue weighted by molar-refractivity contribution is 0.628. The van der Waals surface area contributed by atoms with Gasteiger partial charge in [-0.05, 0) is 42.3 Å². The molecule has 5 heteroatoms. The molecular formula is C19H15FN4. The third kappa shape index (κ3) is 2.31. The molecule has 0 unspecified atom stereocenters. The highest BCUT2D eigenvalue weighted by Gasteiger charge is 2.16. The number of hydrogen-bond donors (Lipinski definition) is 1. The lowest BCUT2D eigenvalue weighted by Gasteiger charge is -2.05. The summed E-state index contributed by atoms with van der Waals surface area (Å²) in [6, 6.07) is 14.5. The fourth-order valence-electron chi connectivity index (χ4n) is 2.91. The standard InChI is InChI=1S/C19H15FN4/c1-12-3-2-4-15(9-12)24-10-16(13-5-7-14(20)8-6-13)17-18(21)22-11-23-19(17)24/h2-11H,1H3,(H2,21,22,23). The molecule has 0 aliphatic rings. The van der Waals surface area contributed by atoms with Crippen molar-refractivity contribution in [3.63, 3.8) is 0 Å². The van der Waals surface area contributed by atoms with Crippen LogP contribution in [0, 0.1) is 12.7 Å². The van der Waals surface area contributed by atoms with E-state index in [2.05, 4.69) is 16.0 Å². The van der Waals surface area contributed by atoms with Crippen LogP contribution >= 0.6 is 0 Å². The monoisotopic (exact) mass is 318 g/mol. The summed E-state index contributed by atoms with van der Waals surface area (Å²) in [7, 11) is 0. The largest absolute Gasteiger partial charge is 0.383 e. The Morgan fingerprint density at radius 3 is 2.58 bits per heavy atom. The van der Waals surface area contributed by atoms with Gasteiger partial charge in [-0.15, -0.1) is 0 Å². The Balaban J connectivity index is 2.03. The van der Waals surface area contributed by atoms with E-state index in [0.717, 1.165) is 33.4 Å². The molecule has 2 heterocycles. The highest BCUT2D eigenvalue weighted by atomic mass is 19.1. The van der Waals surface area contributed by atoms with Gasteiger partial charge < -0.3 is 10.3 Å². The summed E-state index contributed by atoms with van der Waals surface area (Å²) in [4.78, 5) is 8.52. The lowest BCUT2D eigenvalue weighted by atomic mass is 10.1. The SMILES string of the molecule is Cc1cccc(-n2cc(-c3ccc(F)cc3)c3c(N)ncnc32)c1. The number of nitrogen functional groups attached to an aromatic ring is 1. The van der Waals surface area contributed by atoms with E-state index in [0.29, 0.717) is 5.82 Å². The lowest BCUT2D eigenvalue weighted by Crippen LogP contribution is -1.97. The number of aromatic nitrogens is 3. The number of aryl methyl sites for hydroxylation is 1. The van der Waals surface area contributed by atoms with Crippen LogP contribution in [0.25, 0.3) is 27.8 Å². The van der Waals surface area contributed by atoms with Crippen molar-refractivity contribution in [2.45, 2.75) is 6.92 Å². The Kier molecular flexibility index (Phi) is 3.27. The van der Waals surface area contributed by atoms with Crippen LogP contribution in [0.5, 0.6) is 0 Å². The minimum absolute atomic E-state index is 0.273. The van der Waals surface area contributed by atoms with Crippen LogP contribution in [0.1, 0.15) is 5.56 Å². The van der Waals surface area contributed by atoms with Crippen molar-refractivity contribution < 1.29 is 4.39 Å². The number of halogens is 1. The van der Waals surface area contributed by atoms with E-state index >= 15 is 0 Å². The van der Waals surface area contributed by atoms with Crippen molar-refractivity contribution in [1.82, 2.24) is 14.5 Å². The zero-order valence-corrected chi connectivity index (χ0v) is 13.1. The Morgan fingerprint density at radius 1 is 1.04 bits per heavy atom. The molecular weight excluding hydrogens is 303 g/mol. The fraction of sp³-hybridized carbons (Fsp3) is 0.0526. The first-order chi connectivity index (χ1) is 11.6. The van der Waals surface area contributed by atoms with Gasteiger partial charge >= 0.3 is 0 Å². The molecule has 0 saturated heterocycles. The third-order valence-corrected chi connectivity index (χ3v) is 4.05. The minimum Gasteiger partial charge on any atom is -0.383 e. The number of nitrogens with two attached hydrogens (primary N) is 1.